The average molecular weight is 500 g/mol. The smallest absolute Gasteiger partial charge is 0.251 e. The van der Waals surface area contributed by atoms with Crippen LogP contribution >= 0.6 is 0 Å². The van der Waals surface area contributed by atoms with Crippen molar-refractivity contribution in [2.75, 3.05) is 68.8 Å². The first-order chi connectivity index (χ1) is 18.3. The van der Waals surface area contributed by atoms with Crippen LogP contribution in [0.4, 0.5) is 17.5 Å². The number of benzene rings is 1. The number of morpholine rings is 1. The van der Waals surface area contributed by atoms with Crippen molar-refractivity contribution in [3.05, 3.63) is 59.9 Å². The number of hydrogen-bond donors (Lipinski definition) is 1. The minimum atomic E-state index is -0.0430. The van der Waals surface area contributed by atoms with Crippen LogP contribution in [0.25, 0.3) is 11.3 Å². The maximum atomic E-state index is 13.0. The second-order valence-electron chi connectivity index (χ2n) is 9.77. The second-order valence-corrected chi connectivity index (χ2v) is 9.77. The predicted molar refractivity (Wildman–Crippen MR) is 143 cm³/mol. The fraction of sp³-hybridized carbons (Fsp3) is 0.429. The number of anilines is 3. The topological polar surface area (TPSA) is 86.7 Å². The summed E-state index contributed by atoms with van der Waals surface area (Å²) in [5.74, 6) is 1.59. The molecule has 5 heterocycles. The molecular weight excluding hydrogens is 466 g/mol. The molecule has 2 saturated heterocycles. The zero-order valence-electron chi connectivity index (χ0n) is 21.1. The standard InChI is InChI=1S/C28H33N7O2/c36-27(30-11-15-33-12-1-2-13-33)22-5-3-4-21(20-22)25-24-8-14-35(23-6-9-29-10-7-23)26(24)32-28(31-25)34-16-18-37-19-17-34/h3-7,9-10,20H,1-2,8,11-19H2,(H,30,36). The van der Waals surface area contributed by atoms with Crippen molar-refractivity contribution >= 4 is 23.4 Å². The molecule has 0 atom stereocenters. The largest absolute Gasteiger partial charge is 0.378 e. The zero-order chi connectivity index (χ0) is 25.0. The number of carbonyl (C=O) groups excluding carboxylic acids is 1. The Bertz CT molecular complexity index is 1240. The number of likely N-dealkylation sites (tertiary alicyclic amines) is 1. The van der Waals surface area contributed by atoms with E-state index in [1.54, 1.807) is 0 Å². The molecule has 0 aliphatic carbocycles. The number of aromatic nitrogens is 3. The van der Waals surface area contributed by atoms with Gasteiger partial charge in [0.15, 0.2) is 0 Å². The molecule has 3 aliphatic rings. The van der Waals surface area contributed by atoms with Crippen LogP contribution in [0.3, 0.4) is 0 Å². The first kappa shape index (κ1) is 23.8. The number of pyridine rings is 1. The van der Waals surface area contributed by atoms with Crippen LogP contribution in [0.2, 0.25) is 0 Å². The Morgan fingerprint density at radius 1 is 0.973 bits per heavy atom. The summed E-state index contributed by atoms with van der Waals surface area (Å²) < 4.78 is 5.56. The first-order valence-corrected chi connectivity index (χ1v) is 13.3. The van der Waals surface area contributed by atoms with E-state index in [0.29, 0.717) is 31.3 Å². The van der Waals surface area contributed by atoms with Gasteiger partial charge in [-0.2, -0.15) is 4.98 Å². The Hall–Kier alpha value is -3.56. The van der Waals surface area contributed by atoms with Crippen molar-refractivity contribution in [3.63, 3.8) is 0 Å². The molecule has 0 unspecified atom stereocenters. The van der Waals surface area contributed by atoms with Crippen molar-refractivity contribution in [2.45, 2.75) is 19.3 Å². The van der Waals surface area contributed by atoms with Crippen molar-refractivity contribution in [3.8, 4) is 11.3 Å². The molecule has 192 valence electrons. The highest BCUT2D eigenvalue weighted by molar-refractivity contribution is 5.95. The van der Waals surface area contributed by atoms with Gasteiger partial charge in [0.1, 0.15) is 5.82 Å². The van der Waals surface area contributed by atoms with Crippen LogP contribution in [0, 0.1) is 0 Å². The van der Waals surface area contributed by atoms with E-state index in [1.807, 2.05) is 48.8 Å². The summed E-state index contributed by atoms with van der Waals surface area (Å²) in [4.78, 5) is 34.1. The maximum absolute atomic E-state index is 13.0. The van der Waals surface area contributed by atoms with Gasteiger partial charge in [-0.1, -0.05) is 12.1 Å². The molecule has 1 aromatic carbocycles. The number of hydrogen-bond acceptors (Lipinski definition) is 8. The van der Waals surface area contributed by atoms with Gasteiger partial charge in [0.05, 0.1) is 18.9 Å². The fourth-order valence-corrected chi connectivity index (χ4v) is 5.41. The lowest BCUT2D eigenvalue weighted by Gasteiger charge is -2.28. The number of nitrogens with zero attached hydrogens (tertiary/aromatic N) is 6. The lowest BCUT2D eigenvalue weighted by atomic mass is 10.0. The third-order valence-electron chi connectivity index (χ3n) is 7.39. The summed E-state index contributed by atoms with van der Waals surface area (Å²) in [6, 6.07) is 11.9. The van der Waals surface area contributed by atoms with E-state index in [4.69, 9.17) is 14.7 Å². The summed E-state index contributed by atoms with van der Waals surface area (Å²) in [6.45, 7) is 7.49. The lowest BCUT2D eigenvalue weighted by molar-refractivity contribution is 0.0949. The molecule has 0 bridgehead atoms. The number of rotatable bonds is 7. The van der Waals surface area contributed by atoms with Crippen molar-refractivity contribution in [1.29, 1.82) is 0 Å². The maximum Gasteiger partial charge on any atom is 0.251 e. The molecule has 0 saturated carbocycles. The molecule has 1 N–H and O–H groups in total. The van der Waals surface area contributed by atoms with Crippen molar-refractivity contribution in [2.24, 2.45) is 0 Å². The Labute approximate surface area is 217 Å². The minimum Gasteiger partial charge on any atom is -0.378 e. The molecule has 9 heteroatoms. The molecule has 6 rings (SSSR count). The number of fused-ring (bicyclic) bond motifs is 1. The van der Waals surface area contributed by atoms with Gasteiger partial charge in [-0.05, 0) is 56.6 Å². The Balaban J connectivity index is 1.31. The Morgan fingerprint density at radius 3 is 2.59 bits per heavy atom. The van der Waals surface area contributed by atoms with Crippen LogP contribution in [-0.2, 0) is 11.2 Å². The first-order valence-electron chi connectivity index (χ1n) is 13.3. The molecule has 3 aliphatic heterocycles. The summed E-state index contributed by atoms with van der Waals surface area (Å²) >= 11 is 0. The molecule has 2 fully saturated rings. The molecule has 2 aromatic heterocycles. The van der Waals surface area contributed by atoms with Crippen molar-refractivity contribution in [1.82, 2.24) is 25.2 Å². The molecule has 9 nitrogen and oxygen atoms in total. The Morgan fingerprint density at radius 2 is 1.78 bits per heavy atom. The Kier molecular flexibility index (Phi) is 6.96. The molecule has 3 aromatic rings. The van der Waals surface area contributed by atoms with E-state index in [2.05, 4.69) is 25.0 Å². The zero-order valence-corrected chi connectivity index (χ0v) is 21.1. The summed E-state index contributed by atoms with van der Waals surface area (Å²) in [5, 5.41) is 3.10. The van der Waals surface area contributed by atoms with Gasteiger partial charge in [-0.15, -0.1) is 0 Å². The molecular formula is C28H33N7O2. The summed E-state index contributed by atoms with van der Waals surface area (Å²) in [5.41, 5.74) is 4.67. The number of ether oxygens (including phenoxy) is 1. The average Bonchev–Trinajstić information content (AvgIpc) is 3.64. The van der Waals surface area contributed by atoms with Crippen LogP contribution in [-0.4, -0.2) is 84.8 Å². The summed E-state index contributed by atoms with van der Waals surface area (Å²) in [6.07, 6.45) is 6.96. The van der Waals surface area contributed by atoms with Gasteiger partial charge in [0, 0.05) is 67.5 Å². The van der Waals surface area contributed by atoms with E-state index in [1.165, 1.54) is 12.8 Å². The lowest BCUT2D eigenvalue weighted by Crippen LogP contribution is -2.37. The van der Waals surface area contributed by atoms with Gasteiger partial charge in [-0.3, -0.25) is 9.78 Å². The molecule has 0 radical (unpaired) electrons. The fourth-order valence-electron chi connectivity index (χ4n) is 5.41. The van der Waals surface area contributed by atoms with Crippen LogP contribution in [0.5, 0.6) is 0 Å². The predicted octanol–water partition coefficient (Wildman–Crippen LogP) is 2.90. The van der Waals surface area contributed by atoms with Crippen LogP contribution < -0.4 is 15.1 Å². The minimum absolute atomic E-state index is 0.0430. The van der Waals surface area contributed by atoms with Crippen LogP contribution in [0.1, 0.15) is 28.8 Å². The van der Waals surface area contributed by atoms with Gasteiger partial charge >= 0.3 is 0 Å². The van der Waals surface area contributed by atoms with E-state index in [9.17, 15) is 4.79 Å². The van der Waals surface area contributed by atoms with Gasteiger partial charge in [-0.25, -0.2) is 4.98 Å². The van der Waals surface area contributed by atoms with Gasteiger partial charge < -0.3 is 24.8 Å². The van der Waals surface area contributed by atoms with E-state index in [-0.39, 0.29) is 5.91 Å². The normalized spacial score (nSPS) is 17.7. The highest BCUT2D eigenvalue weighted by Crippen LogP contribution is 2.39. The number of amides is 1. The third-order valence-corrected chi connectivity index (χ3v) is 7.39. The molecule has 1 amide bonds. The highest BCUT2D eigenvalue weighted by atomic mass is 16.5. The van der Waals surface area contributed by atoms with Crippen LogP contribution in [0.15, 0.2) is 48.8 Å². The highest BCUT2D eigenvalue weighted by Gasteiger charge is 2.29. The number of carbonyl (C=O) groups is 1. The van der Waals surface area contributed by atoms with E-state index >= 15 is 0 Å². The SMILES string of the molecule is O=C(NCCN1CCCC1)c1cccc(-c2nc(N3CCOCC3)nc3c2CCN3c2ccncc2)c1. The van der Waals surface area contributed by atoms with Gasteiger partial charge in [0.2, 0.25) is 5.95 Å². The molecule has 0 spiro atoms. The van der Waals surface area contributed by atoms with Crippen molar-refractivity contribution < 1.29 is 9.53 Å². The second kappa shape index (κ2) is 10.8. The third kappa shape index (κ3) is 5.14. The van der Waals surface area contributed by atoms with E-state index < -0.39 is 0 Å². The molecule has 37 heavy (non-hydrogen) atoms. The quantitative estimate of drug-likeness (QED) is 0.531. The monoisotopic (exact) mass is 499 g/mol. The van der Waals surface area contributed by atoms with E-state index in [0.717, 1.165) is 74.0 Å². The summed E-state index contributed by atoms with van der Waals surface area (Å²) in [7, 11) is 0. The number of nitrogens with one attached hydrogen (secondary N) is 1. The van der Waals surface area contributed by atoms with Gasteiger partial charge in [0.25, 0.3) is 5.91 Å².